The molecule has 1 aromatic rings. The van der Waals surface area contributed by atoms with Crippen molar-refractivity contribution in [2.24, 2.45) is 5.41 Å². The standard InChI is InChI=1S/C18H22N2O4/c1-19(2)12-18(10-6-3-7-11-18)17(23)24-20-15(21)13-8-4-5-9-14(13)16(20)22/h4-5,8-9H,3,6-7,10-12H2,1-2H3. The van der Waals surface area contributed by atoms with E-state index in [0.29, 0.717) is 24.4 Å². The first-order valence-electron chi connectivity index (χ1n) is 8.29. The molecule has 2 amide bonds. The van der Waals surface area contributed by atoms with Crippen LogP contribution in [0.1, 0.15) is 52.8 Å². The quantitative estimate of drug-likeness (QED) is 0.792. The van der Waals surface area contributed by atoms with Crippen LogP contribution in [-0.4, -0.2) is 48.4 Å². The van der Waals surface area contributed by atoms with E-state index in [4.69, 9.17) is 4.84 Å². The van der Waals surface area contributed by atoms with E-state index in [9.17, 15) is 14.4 Å². The summed E-state index contributed by atoms with van der Waals surface area (Å²) in [4.78, 5) is 44.9. The van der Waals surface area contributed by atoms with E-state index in [1.54, 1.807) is 24.3 Å². The molecular weight excluding hydrogens is 308 g/mol. The molecule has 24 heavy (non-hydrogen) atoms. The van der Waals surface area contributed by atoms with Gasteiger partial charge in [-0.15, -0.1) is 0 Å². The zero-order valence-electron chi connectivity index (χ0n) is 14.1. The monoisotopic (exact) mass is 330 g/mol. The van der Waals surface area contributed by atoms with Crippen LogP contribution < -0.4 is 0 Å². The maximum absolute atomic E-state index is 12.9. The van der Waals surface area contributed by atoms with Gasteiger partial charge in [0.25, 0.3) is 11.8 Å². The maximum atomic E-state index is 12.9. The lowest BCUT2D eigenvalue weighted by Gasteiger charge is -2.37. The fourth-order valence-corrected chi connectivity index (χ4v) is 3.69. The molecule has 1 aromatic carbocycles. The predicted molar refractivity (Wildman–Crippen MR) is 87.1 cm³/mol. The van der Waals surface area contributed by atoms with Gasteiger partial charge in [-0.2, -0.15) is 0 Å². The molecule has 1 heterocycles. The Morgan fingerprint density at radius 2 is 1.62 bits per heavy atom. The van der Waals surface area contributed by atoms with Gasteiger partial charge in [0.15, 0.2) is 0 Å². The van der Waals surface area contributed by atoms with E-state index in [1.165, 1.54) is 0 Å². The molecule has 6 heteroatoms. The highest BCUT2D eigenvalue weighted by molar-refractivity contribution is 6.20. The zero-order valence-corrected chi connectivity index (χ0v) is 14.1. The number of carbonyl (C=O) groups is 3. The molecular formula is C18H22N2O4. The van der Waals surface area contributed by atoms with E-state index in [-0.39, 0.29) is 11.1 Å². The molecule has 0 saturated heterocycles. The molecule has 0 aromatic heterocycles. The van der Waals surface area contributed by atoms with Crippen LogP contribution in [0.25, 0.3) is 0 Å². The number of rotatable bonds is 4. The lowest BCUT2D eigenvalue weighted by Crippen LogP contribution is -2.46. The molecule has 0 bridgehead atoms. The van der Waals surface area contributed by atoms with Crippen molar-refractivity contribution < 1.29 is 19.2 Å². The summed E-state index contributed by atoms with van der Waals surface area (Å²) in [5.74, 6) is -1.62. The highest BCUT2D eigenvalue weighted by atomic mass is 16.7. The molecule has 1 saturated carbocycles. The van der Waals surface area contributed by atoms with Crippen LogP contribution in [0.4, 0.5) is 0 Å². The second kappa shape index (κ2) is 6.36. The summed E-state index contributed by atoms with van der Waals surface area (Å²) in [5.41, 5.74) is -0.0990. The molecule has 0 atom stereocenters. The number of amides is 2. The largest absolute Gasteiger partial charge is 0.340 e. The topological polar surface area (TPSA) is 66.9 Å². The Hall–Kier alpha value is -2.21. The van der Waals surface area contributed by atoms with Crippen LogP contribution in [-0.2, 0) is 9.63 Å². The normalized spacial score (nSPS) is 19.5. The van der Waals surface area contributed by atoms with E-state index < -0.39 is 23.2 Å². The van der Waals surface area contributed by atoms with Crippen molar-refractivity contribution in [3.8, 4) is 0 Å². The zero-order chi connectivity index (χ0) is 17.3. The first kappa shape index (κ1) is 16.6. The van der Waals surface area contributed by atoms with Gasteiger partial charge in [0.2, 0.25) is 0 Å². The van der Waals surface area contributed by atoms with Crippen molar-refractivity contribution >= 4 is 17.8 Å². The minimum absolute atomic E-state index is 0.278. The minimum atomic E-state index is -0.656. The van der Waals surface area contributed by atoms with Crippen LogP contribution in [0.3, 0.4) is 0 Å². The number of hydrogen-bond acceptors (Lipinski definition) is 5. The number of nitrogens with zero attached hydrogens (tertiary/aromatic N) is 2. The van der Waals surface area contributed by atoms with Gasteiger partial charge in [0, 0.05) is 6.54 Å². The Morgan fingerprint density at radius 1 is 1.08 bits per heavy atom. The fourth-order valence-electron chi connectivity index (χ4n) is 3.69. The van der Waals surface area contributed by atoms with Gasteiger partial charge < -0.3 is 9.74 Å². The summed E-state index contributed by atoms with van der Waals surface area (Å²) in [6.07, 6.45) is 4.42. The number of hydroxylamine groups is 2. The molecule has 1 aliphatic carbocycles. The average molecular weight is 330 g/mol. The van der Waals surface area contributed by atoms with Gasteiger partial charge in [0.1, 0.15) is 0 Å². The predicted octanol–water partition coefficient (Wildman–Crippen LogP) is 2.25. The van der Waals surface area contributed by atoms with E-state index >= 15 is 0 Å². The van der Waals surface area contributed by atoms with Gasteiger partial charge in [0.05, 0.1) is 16.5 Å². The van der Waals surface area contributed by atoms with Crippen LogP contribution >= 0.6 is 0 Å². The number of fused-ring (bicyclic) bond motifs is 1. The summed E-state index contributed by atoms with van der Waals surface area (Å²) in [5, 5.41) is 0.624. The summed E-state index contributed by atoms with van der Waals surface area (Å²) in [7, 11) is 3.82. The molecule has 6 nitrogen and oxygen atoms in total. The van der Waals surface area contributed by atoms with Gasteiger partial charge in [-0.25, -0.2) is 4.79 Å². The van der Waals surface area contributed by atoms with E-state index in [0.717, 1.165) is 19.3 Å². The van der Waals surface area contributed by atoms with E-state index in [1.807, 2.05) is 19.0 Å². The second-order valence-corrected chi connectivity index (χ2v) is 6.91. The smallest absolute Gasteiger partial charge is 0.329 e. The van der Waals surface area contributed by atoms with Crippen molar-refractivity contribution in [2.45, 2.75) is 32.1 Å². The molecule has 0 spiro atoms. The Kier molecular flexibility index (Phi) is 4.41. The maximum Gasteiger partial charge on any atom is 0.340 e. The summed E-state index contributed by atoms with van der Waals surface area (Å²) < 4.78 is 0. The third-order valence-electron chi connectivity index (χ3n) is 4.79. The Morgan fingerprint density at radius 3 is 2.12 bits per heavy atom. The lowest BCUT2D eigenvalue weighted by atomic mass is 9.74. The number of carbonyl (C=O) groups excluding carboxylic acids is 3. The van der Waals surface area contributed by atoms with Crippen LogP contribution in [0, 0.1) is 5.41 Å². The molecule has 0 radical (unpaired) electrons. The SMILES string of the molecule is CN(C)CC1(C(=O)ON2C(=O)c3ccccc3C2=O)CCCCC1. The third-order valence-corrected chi connectivity index (χ3v) is 4.79. The summed E-state index contributed by atoms with van der Waals surface area (Å²) in [6, 6.07) is 6.51. The van der Waals surface area contributed by atoms with E-state index in [2.05, 4.69) is 0 Å². The van der Waals surface area contributed by atoms with Gasteiger partial charge in [-0.3, -0.25) is 9.59 Å². The van der Waals surface area contributed by atoms with Gasteiger partial charge >= 0.3 is 5.97 Å². The van der Waals surface area contributed by atoms with Crippen LogP contribution in [0.15, 0.2) is 24.3 Å². The first-order chi connectivity index (χ1) is 11.4. The van der Waals surface area contributed by atoms with Crippen molar-refractivity contribution in [1.29, 1.82) is 0 Å². The Balaban J connectivity index is 1.81. The molecule has 3 rings (SSSR count). The molecule has 0 N–H and O–H groups in total. The van der Waals surface area contributed by atoms with Crippen LogP contribution in [0.5, 0.6) is 0 Å². The molecule has 2 aliphatic rings. The number of imide groups is 1. The number of benzene rings is 1. The number of hydrogen-bond donors (Lipinski definition) is 0. The van der Waals surface area contributed by atoms with Crippen molar-refractivity contribution in [2.75, 3.05) is 20.6 Å². The molecule has 1 fully saturated rings. The van der Waals surface area contributed by atoms with Gasteiger partial charge in [-0.1, -0.05) is 36.5 Å². The van der Waals surface area contributed by atoms with Crippen molar-refractivity contribution in [3.05, 3.63) is 35.4 Å². The molecule has 128 valence electrons. The summed E-state index contributed by atoms with van der Waals surface area (Å²) >= 11 is 0. The highest BCUT2D eigenvalue weighted by Crippen LogP contribution is 2.39. The minimum Gasteiger partial charge on any atom is -0.329 e. The lowest BCUT2D eigenvalue weighted by molar-refractivity contribution is -0.184. The third kappa shape index (κ3) is 2.82. The van der Waals surface area contributed by atoms with Crippen molar-refractivity contribution in [1.82, 2.24) is 9.96 Å². The Bertz CT molecular complexity index is 642. The summed E-state index contributed by atoms with van der Waals surface area (Å²) in [6.45, 7) is 0.551. The Labute approximate surface area is 141 Å². The molecule has 0 unspecified atom stereocenters. The first-order valence-corrected chi connectivity index (χ1v) is 8.29. The molecule has 1 aliphatic heterocycles. The van der Waals surface area contributed by atoms with Crippen molar-refractivity contribution in [3.63, 3.8) is 0 Å². The van der Waals surface area contributed by atoms with Crippen LogP contribution in [0.2, 0.25) is 0 Å². The fraction of sp³-hybridized carbons (Fsp3) is 0.500. The highest BCUT2D eigenvalue weighted by Gasteiger charge is 2.46. The van der Waals surface area contributed by atoms with Gasteiger partial charge in [-0.05, 0) is 39.1 Å². The second-order valence-electron chi connectivity index (χ2n) is 6.91. The average Bonchev–Trinajstić information content (AvgIpc) is 2.80.